The molecule has 28 heavy (non-hydrogen) atoms. The van der Waals surface area contributed by atoms with E-state index < -0.39 is 0 Å². The number of aryl methyl sites for hydroxylation is 1. The summed E-state index contributed by atoms with van der Waals surface area (Å²) in [5, 5.41) is 15.1. The van der Waals surface area contributed by atoms with Gasteiger partial charge in [0.25, 0.3) is 0 Å². The molecule has 0 bridgehead atoms. The molecule has 1 aliphatic heterocycles. The SMILES string of the molecule is OC(c1cc2n(n1)CCCN(Cc1cnc(C3CCCCC3)nc1)C2)C1CC1. The minimum Gasteiger partial charge on any atom is -0.386 e. The Morgan fingerprint density at radius 1 is 1.00 bits per heavy atom. The van der Waals surface area contributed by atoms with Crippen LogP contribution in [0.1, 0.15) is 86.2 Å². The topological polar surface area (TPSA) is 67.1 Å². The highest BCUT2D eigenvalue weighted by Crippen LogP contribution is 2.40. The summed E-state index contributed by atoms with van der Waals surface area (Å²) in [5.41, 5.74) is 3.26. The van der Waals surface area contributed by atoms with Crippen LogP contribution in [0, 0.1) is 5.92 Å². The summed E-state index contributed by atoms with van der Waals surface area (Å²) in [6.45, 7) is 3.72. The smallest absolute Gasteiger partial charge is 0.131 e. The molecule has 0 spiro atoms. The molecule has 0 aromatic carbocycles. The Bertz CT molecular complexity index is 792. The van der Waals surface area contributed by atoms with E-state index in [-0.39, 0.29) is 6.10 Å². The van der Waals surface area contributed by atoms with Crippen LogP contribution in [0.2, 0.25) is 0 Å². The minimum absolute atomic E-state index is 0.381. The molecule has 0 saturated heterocycles. The molecule has 1 atom stereocenters. The van der Waals surface area contributed by atoms with Crippen LogP contribution >= 0.6 is 0 Å². The van der Waals surface area contributed by atoms with Gasteiger partial charge in [-0.2, -0.15) is 5.10 Å². The van der Waals surface area contributed by atoms with Crippen molar-refractivity contribution in [2.45, 2.75) is 83.0 Å². The Balaban J connectivity index is 1.24. The van der Waals surface area contributed by atoms with Crippen molar-refractivity contribution in [2.75, 3.05) is 6.54 Å². The summed E-state index contributed by atoms with van der Waals surface area (Å²) in [5.74, 6) is 2.03. The van der Waals surface area contributed by atoms with Crippen LogP contribution in [0.15, 0.2) is 18.5 Å². The summed E-state index contributed by atoms with van der Waals surface area (Å²) in [6, 6.07) is 2.12. The number of hydrogen-bond acceptors (Lipinski definition) is 5. The van der Waals surface area contributed by atoms with Crippen molar-refractivity contribution < 1.29 is 5.11 Å². The highest BCUT2D eigenvalue weighted by Gasteiger charge is 2.33. The van der Waals surface area contributed by atoms with Gasteiger partial charge in [0, 0.05) is 50.1 Å². The fourth-order valence-corrected chi connectivity index (χ4v) is 4.76. The van der Waals surface area contributed by atoms with Crippen molar-refractivity contribution in [3.05, 3.63) is 41.2 Å². The lowest BCUT2D eigenvalue weighted by molar-refractivity contribution is 0.148. The van der Waals surface area contributed by atoms with Gasteiger partial charge in [0.15, 0.2) is 0 Å². The molecule has 150 valence electrons. The average Bonchev–Trinajstić information content (AvgIpc) is 3.53. The van der Waals surface area contributed by atoms with Crippen LogP contribution in [0.25, 0.3) is 0 Å². The molecule has 2 aromatic rings. The zero-order chi connectivity index (χ0) is 18.9. The van der Waals surface area contributed by atoms with Gasteiger partial charge in [-0.3, -0.25) is 9.58 Å². The Labute approximate surface area is 167 Å². The van der Waals surface area contributed by atoms with Crippen LogP contribution in [0.4, 0.5) is 0 Å². The first kappa shape index (κ1) is 18.3. The summed E-state index contributed by atoms with van der Waals surface area (Å²) >= 11 is 0. The van der Waals surface area contributed by atoms with Gasteiger partial charge in [-0.05, 0) is 44.1 Å². The number of nitrogens with zero attached hydrogens (tertiary/aromatic N) is 5. The zero-order valence-electron chi connectivity index (χ0n) is 16.6. The molecule has 2 saturated carbocycles. The lowest BCUT2D eigenvalue weighted by Crippen LogP contribution is -2.23. The first-order valence-corrected chi connectivity index (χ1v) is 11.0. The third kappa shape index (κ3) is 3.98. The number of aliphatic hydroxyl groups excluding tert-OH is 1. The van der Waals surface area contributed by atoms with E-state index in [0.717, 1.165) is 57.0 Å². The highest BCUT2D eigenvalue weighted by atomic mass is 16.3. The summed E-state index contributed by atoms with van der Waals surface area (Å²) < 4.78 is 2.10. The molecule has 5 rings (SSSR count). The average molecular weight is 382 g/mol. The van der Waals surface area contributed by atoms with Crippen molar-refractivity contribution in [1.82, 2.24) is 24.6 Å². The van der Waals surface area contributed by atoms with Crippen molar-refractivity contribution in [2.24, 2.45) is 5.92 Å². The molecular formula is C22H31N5O. The Morgan fingerprint density at radius 3 is 2.54 bits per heavy atom. The van der Waals surface area contributed by atoms with E-state index >= 15 is 0 Å². The molecule has 2 aliphatic carbocycles. The number of rotatable bonds is 5. The van der Waals surface area contributed by atoms with Gasteiger partial charge in [-0.25, -0.2) is 9.97 Å². The summed E-state index contributed by atoms with van der Waals surface area (Å²) in [4.78, 5) is 11.9. The second kappa shape index (κ2) is 7.91. The minimum atomic E-state index is -0.381. The Hall–Kier alpha value is -1.79. The summed E-state index contributed by atoms with van der Waals surface area (Å²) in [6.07, 6.45) is 13.5. The maximum Gasteiger partial charge on any atom is 0.131 e. The molecule has 3 aliphatic rings. The first-order chi connectivity index (χ1) is 13.8. The van der Waals surface area contributed by atoms with E-state index in [1.807, 2.05) is 12.4 Å². The predicted molar refractivity (Wildman–Crippen MR) is 106 cm³/mol. The van der Waals surface area contributed by atoms with Gasteiger partial charge >= 0.3 is 0 Å². The molecular weight excluding hydrogens is 350 g/mol. The zero-order valence-corrected chi connectivity index (χ0v) is 16.6. The maximum absolute atomic E-state index is 10.4. The first-order valence-electron chi connectivity index (χ1n) is 11.0. The van der Waals surface area contributed by atoms with Crippen LogP contribution in [-0.4, -0.2) is 36.3 Å². The van der Waals surface area contributed by atoms with Crippen LogP contribution < -0.4 is 0 Å². The standard InChI is InChI=1S/C22H31N5O/c28-21(17-7-8-17)20-11-19-15-26(9-4-10-27(19)25-20)14-16-12-23-22(24-13-16)18-5-2-1-3-6-18/h11-13,17-18,21,28H,1-10,14-15H2. The van der Waals surface area contributed by atoms with Crippen LogP contribution in [0.3, 0.4) is 0 Å². The fourth-order valence-electron chi connectivity index (χ4n) is 4.76. The second-order valence-electron chi connectivity index (χ2n) is 8.91. The number of hydrogen-bond donors (Lipinski definition) is 1. The quantitative estimate of drug-likeness (QED) is 0.858. The molecule has 1 N–H and O–H groups in total. The monoisotopic (exact) mass is 381 g/mol. The lowest BCUT2D eigenvalue weighted by atomic mass is 9.89. The van der Waals surface area contributed by atoms with Crippen molar-refractivity contribution in [3.63, 3.8) is 0 Å². The van der Waals surface area contributed by atoms with Gasteiger partial charge in [0.05, 0.1) is 11.4 Å². The molecule has 2 aromatic heterocycles. The van der Waals surface area contributed by atoms with Crippen molar-refractivity contribution in [1.29, 1.82) is 0 Å². The molecule has 0 amide bonds. The van der Waals surface area contributed by atoms with Gasteiger partial charge in [-0.15, -0.1) is 0 Å². The third-order valence-electron chi connectivity index (χ3n) is 6.59. The maximum atomic E-state index is 10.4. The van der Waals surface area contributed by atoms with Crippen LogP contribution in [-0.2, 0) is 19.6 Å². The summed E-state index contributed by atoms with van der Waals surface area (Å²) in [7, 11) is 0. The largest absolute Gasteiger partial charge is 0.386 e. The van der Waals surface area contributed by atoms with Gasteiger partial charge in [0.2, 0.25) is 0 Å². The second-order valence-corrected chi connectivity index (χ2v) is 8.91. The van der Waals surface area contributed by atoms with E-state index in [2.05, 4.69) is 15.6 Å². The van der Waals surface area contributed by atoms with Crippen molar-refractivity contribution in [3.8, 4) is 0 Å². The number of fused-ring (bicyclic) bond motifs is 1. The van der Waals surface area contributed by atoms with Gasteiger partial charge in [-0.1, -0.05) is 19.3 Å². The Morgan fingerprint density at radius 2 is 1.79 bits per heavy atom. The van der Waals surface area contributed by atoms with E-state index in [1.54, 1.807) is 0 Å². The van der Waals surface area contributed by atoms with Gasteiger partial charge < -0.3 is 5.11 Å². The molecule has 2 fully saturated rings. The number of aromatic nitrogens is 4. The predicted octanol–water partition coefficient (Wildman–Crippen LogP) is 3.57. The highest BCUT2D eigenvalue weighted by molar-refractivity contribution is 5.16. The van der Waals surface area contributed by atoms with E-state index in [4.69, 9.17) is 15.1 Å². The molecule has 0 radical (unpaired) electrons. The van der Waals surface area contributed by atoms with Crippen LogP contribution in [0.5, 0.6) is 0 Å². The molecule has 1 unspecified atom stereocenters. The third-order valence-corrected chi connectivity index (χ3v) is 6.59. The van der Waals surface area contributed by atoms with Gasteiger partial charge in [0.1, 0.15) is 11.9 Å². The molecule has 6 heteroatoms. The molecule has 6 nitrogen and oxygen atoms in total. The van der Waals surface area contributed by atoms with E-state index in [0.29, 0.717) is 11.8 Å². The fraction of sp³-hybridized carbons (Fsp3) is 0.682. The number of aliphatic hydroxyl groups is 1. The van der Waals surface area contributed by atoms with E-state index in [1.165, 1.54) is 43.4 Å². The Kier molecular flexibility index (Phi) is 5.16. The van der Waals surface area contributed by atoms with E-state index in [9.17, 15) is 5.11 Å². The lowest BCUT2D eigenvalue weighted by Gasteiger charge is -2.21. The normalized spacial score (nSPS) is 22.6. The van der Waals surface area contributed by atoms with Crippen molar-refractivity contribution >= 4 is 0 Å². The molecule has 3 heterocycles.